The van der Waals surface area contributed by atoms with E-state index in [2.05, 4.69) is 14.9 Å². The summed E-state index contributed by atoms with van der Waals surface area (Å²) in [6.45, 7) is 8.63. The van der Waals surface area contributed by atoms with Crippen molar-refractivity contribution in [2.75, 3.05) is 27.2 Å². The molecule has 17 heavy (non-hydrogen) atoms. The van der Waals surface area contributed by atoms with Crippen LogP contribution in [-0.2, 0) is 4.84 Å². The highest BCUT2D eigenvalue weighted by Gasteiger charge is 2.25. The van der Waals surface area contributed by atoms with Crippen LogP contribution in [0.3, 0.4) is 0 Å². The molecule has 0 N–H and O–H groups in total. The second-order valence-electron chi connectivity index (χ2n) is 4.13. The Morgan fingerprint density at radius 3 is 2.59 bits per heavy atom. The van der Waals surface area contributed by atoms with E-state index in [1.807, 2.05) is 19.0 Å². The van der Waals surface area contributed by atoms with Crippen LogP contribution in [0.2, 0.25) is 0 Å². The minimum absolute atomic E-state index is 0.270. The molecule has 92 valence electrons. The van der Waals surface area contributed by atoms with Gasteiger partial charge in [0.2, 0.25) is 0 Å². The fraction of sp³-hybridized carbons (Fsp3) is 0.727. The Morgan fingerprint density at radius 1 is 1.47 bits per heavy atom. The molecule has 1 rings (SSSR count). The first-order valence-electron chi connectivity index (χ1n) is 5.61. The van der Waals surface area contributed by atoms with Gasteiger partial charge in [-0.1, -0.05) is 13.0 Å². The number of amidine groups is 1. The van der Waals surface area contributed by atoms with Crippen LogP contribution >= 0.6 is 0 Å². The fourth-order valence-corrected chi connectivity index (χ4v) is 1.79. The molecular formula is C11H17N5O. The molecule has 0 aromatic heterocycles. The van der Waals surface area contributed by atoms with E-state index in [4.69, 9.17) is 16.7 Å². The Bertz CT molecular complexity index is 330. The molecule has 1 fully saturated rings. The van der Waals surface area contributed by atoms with Gasteiger partial charge in [-0.25, -0.2) is 5.26 Å². The van der Waals surface area contributed by atoms with Crippen molar-refractivity contribution < 1.29 is 4.84 Å². The molecule has 0 aliphatic carbocycles. The molecule has 1 heterocycles. The van der Waals surface area contributed by atoms with E-state index in [1.165, 1.54) is 6.42 Å². The van der Waals surface area contributed by atoms with Crippen LogP contribution in [-0.4, -0.2) is 49.2 Å². The number of nitriles is 1. The Kier molecular flexibility index (Phi) is 5.41. The van der Waals surface area contributed by atoms with Crippen LogP contribution in [0.1, 0.15) is 19.3 Å². The maximum Gasteiger partial charge on any atom is 0.392 e. The minimum atomic E-state index is -0.305. The molecule has 0 spiro atoms. The standard InChI is InChI=1S/C11H17N5O/c1-13-10(9-12)14-17-11(15(2)3)16-7-5-4-6-8-16/h11H,4-8H2,2-3H3. The van der Waals surface area contributed by atoms with Gasteiger partial charge >= 0.3 is 5.84 Å². The number of likely N-dealkylation sites (tertiary alicyclic amines) is 1. The van der Waals surface area contributed by atoms with E-state index in [9.17, 15) is 0 Å². The Labute approximate surface area is 102 Å². The number of hydrogen-bond acceptors (Lipinski definition) is 5. The van der Waals surface area contributed by atoms with E-state index in [-0.39, 0.29) is 12.2 Å². The molecule has 0 aromatic rings. The van der Waals surface area contributed by atoms with E-state index in [0.29, 0.717) is 0 Å². The molecule has 6 heteroatoms. The lowest BCUT2D eigenvalue weighted by Crippen LogP contribution is -2.48. The Balaban J connectivity index is 2.64. The molecule has 0 bridgehead atoms. The molecule has 6 nitrogen and oxygen atoms in total. The van der Waals surface area contributed by atoms with E-state index in [1.54, 1.807) is 6.07 Å². The first kappa shape index (κ1) is 13.4. The van der Waals surface area contributed by atoms with Gasteiger partial charge in [0.15, 0.2) is 0 Å². The quantitative estimate of drug-likeness (QED) is 0.241. The smallest absolute Gasteiger partial charge is 0.348 e. The van der Waals surface area contributed by atoms with Gasteiger partial charge < -0.3 is 4.85 Å². The first-order chi connectivity index (χ1) is 8.19. The van der Waals surface area contributed by atoms with Gasteiger partial charge in [-0.05, 0) is 26.9 Å². The lowest BCUT2D eigenvalue weighted by atomic mass is 10.1. The monoisotopic (exact) mass is 235 g/mol. The summed E-state index contributed by atoms with van der Waals surface area (Å²) in [6.07, 6.45) is 3.22. The van der Waals surface area contributed by atoms with Crippen molar-refractivity contribution in [3.05, 3.63) is 11.4 Å². The second-order valence-corrected chi connectivity index (χ2v) is 4.13. The third kappa shape index (κ3) is 4.03. The van der Waals surface area contributed by atoms with Crippen LogP contribution in [0, 0.1) is 17.9 Å². The van der Waals surface area contributed by atoms with Crippen molar-refractivity contribution in [1.82, 2.24) is 9.80 Å². The zero-order chi connectivity index (χ0) is 12.7. The van der Waals surface area contributed by atoms with Gasteiger partial charge in [-0.3, -0.25) is 14.6 Å². The first-order valence-corrected chi connectivity index (χ1v) is 5.61. The molecule has 0 saturated carbocycles. The van der Waals surface area contributed by atoms with Gasteiger partial charge in [0.05, 0.1) is 5.16 Å². The molecule has 0 radical (unpaired) electrons. The van der Waals surface area contributed by atoms with Gasteiger partial charge in [0, 0.05) is 13.1 Å². The normalized spacial score (nSPS) is 19.5. The molecule has 1 aliphatic heterocycles. The molecule has 1 saturated heterocycles. The van der Waals surface area contributed by atoms with Crippen LogP contribution in [0.15, 0.2) is 5.16 Å². The topological polar surface area (TPSA) is 56.2 Å². The van der Waals surface area contributed by atoms with Gasteiger partial charge in [0.1, 0.15) is 6.07 Å². The zero-order valence-corrected chi connectivity index (χ0v) is 10.3. The highest BCUT2D eigenvalue weighted by molar-refractivity contribution is 6.03. The lowest BCUT2D eigenvalue weighted by molar-refractivity contribution is -0.141. The molecule has 0 aromatic carbocycles. The highest BCUT2D eigenvalue weighted by atomic mass is 16.7. The maximum absolute atomic E-state index is 8.59. The number of piperidine rings is 1. The number of rotatable bonds is 4. The average molecular weight is 235 g/mol. The Morgan fingerprint density at radius 2 is 2.12 bits per heavy atom. The molecule has 0 amide bonds. The van der Waals surface area contributed by atoms with Crippen LogP contribution < -0.4 is 0 Å². The minimum Gasteiger partial charge on any atom is -0.348 e. The highest BCUT2D eigenvalue weighted by Crippen LogP contribution is 2.14. The summed E-state index contributed by atoms with van der Waals surface area (Å²) in [5, 5.41) is 12.2. The van der Waals surface area contributed by atoms with Crippen LogP contribution in [0.25, 0.3) is 4.85 Å². The van der Waals surface area contributed by atoms with E-state index < -0.39 is 0 Å². The largest absolute Gasteiger partial charge is 0.392 e. The van der Waals surface area contributed by atoms with Crippen molar-refractivity contribution in [1.29, 1.82) is 5.26 Å². The van der Waals surface area contributed by atoms with E-state index >= 15 is 0 Å². The lowest BCUT2D eigenvalue weighted by Gasteiger charge is -2.34. The summed E-state index contributed by atoms with van der Waals surface area (Å²) in [4.78, 5) is 12.3. The number of hydrogen-bond donors (Lipinski definition) is 0. The summed E-state index contributed by atoms with van der Waals surface area (Å²) in [7, 11) is 3.78. The number of oxime groups is 1. The van der Waals surface area contributed by atoms with Crippen molar-refractivity contribution in [3.63, 3.8) is 0 Å². The molecule has 1 atom stereocenters. The second kappa shape index (κ2) is 6.85. The van der Waals surface area contributed by atoms with Crippen molar-refractivity contribution in [2.24, 2.45) is 5.16 Å². The number of nitrogens with zero attached hydrogens (tertiary/aromatic N) is 5. The summed E-state index contributed by atoms with van der Waals surface area (Å²) >= 11 is 0. The summed E-state index contributed by atoms with van der Waals surface area (Å²) < 4.78 is 0. The summed E-state index contributed by atoms with van der Waals surface area (Å²) in [6, 6.07) is 1.68. The third-order valence-corrected chi connectivity index (χ3v) is 2.58. The summed E-state index contributed by atoms with van der Waals surface area (Å²) in [5.74, 6) is -0.270. The van der Waals surface area contributed by atoms with Gasteiger partial charge in [-0.15, -0.1) is 0 Å². The Hall–Kier alpha value is -1.63. The maximum atomic E-state index is 8.59. The fourth-order valence-electron chi connectivity index (χ4n) is 1.79. The van der Waals surface area contributed by atoms with Crippen molar-refractivity contribution in [3.8, 4) is 6.07 Å². The molecule has 1 unspecified atom stereocenters. The van der Waals surface area contributed by atoms with Crippen molar-refractivity contribution in [2.45, 2.75) is 25.6 Å². The summed E-state index contributed by atoms with van der Waals surface area (Å²) in [5.41, 5.74) is 0. The van der Waals surface area contributed by atoms with Gasteiger partial charge in [-0.2, -0.15) is 0 Å². The molecular weight excluding hydrogens is 218 g/mol. The average Bonchev–Trinajstić information content (AvgIpc) is 2.35. The SMILES string of the molecule is [C-]#[N+]C(C#N)=NOC(N(C)C)N1CCCCC1. The van der Waals surface area contributed by atoms with Crippen molar-refractivity contribution >= 4 is 5.84 Å². The van der Waals surface area contributed by atoms with Crippen LogP contribution in [0.5, 0.6) is 0 Å². The van der Waals surface area contributed by atoms with Gasteiger partial charge in [0.25, 0.3) is 6.35 Å². The van der Waals surface area contributed by atoms with E-state index in [0.717, 1.165) is 25.9 Å². The predicted molar refractivity (Wildman–Crippen MR) is 63.6 cm³/mol. The predicted octanol–water partition coefficient (Wildman–Crippen LogP) is 1.09. The third-order valence-electron chi connectivity index (χ3n) is 2.58. The van der Waals surface area contributed by atoms with Crippen LogP contribution in [0.4, 0.5) is 0 Å². The molecule has 1 aliphatic rings. The zero-order valence-electron chi connectivity index (χ0n) is 10.3.